The van der Waals surface area contributed by atoms with Crippen LogP contribution in [0.4, 0.5) is 0 Å². The third kappa shape index (κ3) is 1.84. The summed E-state index contributed by atoms with van der Waals surface area (Å²) in [5, 5.41) is 19.6. The normalized spacial score (nSPS) is 24.6. The quantitative estimate of drug-likeness (QED) is 0.874. The van der Waals surface area contributed by atoms with E-state index in [-0.39, 0.29) is 12.2 Å². The number of carboxylic acids is 1. The summed E-state index contributed by atoms with van der Waals surface area (Å²) in [5.74, 6) is -0.404. The highest BCUT2D eigenvalue weighted by Crippen LogP contribution is 2.50. The largest absolute Gasteiger partial charge is 0.490 e. The van der Waals surface area contributed by atoms with Crippen LogP contribution < -0.4 is 9.47 Å². The zero-order chi connectivity index (χ0) is 14.6. The number of carbonyl (C=O) groups is 1. The minimum atomic E-state index is -1.63. The van der Waals surface area contributed by atoms with Crippen molar-refractivity contribution in [3.63, 3.8) is 0 Å². The van der Waals surface area contributed by atoms with Gasteiger partial charge in [0.15, 0.2) is 6.10 Å². The van der Waals surface area contributed by atoms with Crippen LogP contribution in [0.3, 0.4) is 0 Å². The Kier molecular flexibility index (Phi) is 3.06. The van der Waals surface area contributed by atoms with Crippen LogP contribution in [0.15, 0.2) is 0 Å². The standard InChI is InChI=1S/C14H15ClO5/c1-5-3-7-9(11(16)14(17)18)12-8(4-6(2)19-12)10(15)13(7)20-5/h5-6,11,16H,3-4H2,1-2H3,(H,17,18). The van der Waals surface area contributed by atoms with Gasteiger partial charge in [-0.15, -0.1) is 0 Å². The Balaban J connectivity index is 2.25. The Morgan fingerprint density at radius 3 is 2.35 bits per heavy atom. The molecule has 0 saturated heterocycles. The lowest BCUT2D eigenvalue weighted by Crippen LogP contribution is -2.15. The van der Waals surface area contributed by atoms with Gasteiger partial charge in [0, 0.05) is 29.5 Å². The molecule has 0 aromatic heterocycles. The summed E-state index contributed by atoms with van der Waals surface area (Å²) in [5.41, 5.74) is 1.66. The van der Waals surface area contributed by atoms with Gasteiger partial charge in [0.25, 0.3) is 0 Å². The van der Waals surface area contributed by atoms with Crippen LogP contribution in [0.25, 0.3) is 0 Å². The zero-order valence-electron chi connectivity index (χ0n) is 11.1. The van der Waals surface area contributed by atoms with Crippen molar-refractivity contribution in [2.24, 2.45) is 0 Å². The number of hydrogen-bond acceptors (Lipinski definition) is 4. The molecule has 0 radical (unpaired) electrons. The van der Waals surface area contributed by atoms with Gasteiger partial charge >= 0.3 is 5.97 Å². The van der Waals surface area contributed by atoms with E-state index in [0.29, 0.717) is 40.5 Å². The number of fused-ring (bicyclic) bond motifs is 2. The minimum Gasteiger partial charge on any atom is -0.490 e. The second kappa shape index (κ2) is 4.53. The van der Waals surface area contributed by atoms with Crippen LogP contribution in [0.1, 0.15) is 36.6 Å². The Morgan fingerprint density at radius 2 is 1.75 bits per heavy atom. The molecule has 6 heteroatoms. The lowest BCUT2D eigenvalue weighted by atomic mass is 9.94. The number of carboxylic acid groups (broad SMARTS) is 1. The molecular weight excluding hydrogens is 284 g/mol. The number of aliphatic hydroxyl groups is 1. The topological polar surface area (TPSA) is 76.0 Å². The van der Waals surface area contributed by atoms with E-state index in [4.69, 9.17) is 26.2 Å². The molecule has 5 nitrogen and oxygen atoms in total. The van der Waals surface area contributed by atoms with E-state index in [2.05, 4.69) is 0 Å². The van der Waals surface area contributed by atoms with E-state index in [1.165, 1.54) is 0 Å². The summed E-state index contributed by atoms with van der Waals surface area (Å²) in [6, 6.07) is 0. The van der Waals surface area contributed by atoms with Gasteiger partial charge in [0.2, 0.25) is 0 Å². The van der Waals surface area contributed by atoms with E-state index in [1.54, 1.807) is 0 Å². The van der Waals surface area contributed by atoms with Crippen LogP contribution in [-0.4, -0.2) is 28.4 Å². The fraction of sp³-hybridized carbons (Fsp3) is 0.500. The van der Waals surface area contributed by atoms with Gasteiger partial charge in [0.05, 0.1) is 5.02 Å². The van der Waals surface area contributed by atoms with Crippen molar-refractivity contribution in [2.75, 3.05) is 0 Å². The second-order valence-corrected chi connectivity index (χ2v) is 5.73. The van der Waals surface area contributed by atoms with Crippen LogP contribution in [0.5, 0.6) is 11.5 Å². The molecule has 2 N–H and O–H groups in total. The van der Waals surface area contributed by atoms with Crippen molar-refractivity contribution in [1.29, 1.82) is 0 Å². The van der Waals surface area contributed by atoms with Crippen molar-refractivity contribution in [3.05, 3.63) is 21.7 Å². The molecule has 108 valence electrons. The molecule has 3 unspecified atom stereocenters. The average molecular weight is 299 g/mol. The molecule has 0 amide bonds. The predicted molar refractivity (Wildman–Crippen MR) is 71.6 cm³/mol. The summed E-state index contributed by atoms with van der Waals surface area (Å²) >= 11 is 6.35. The number of benzene rings is 1. The number of hydrogen-bond donors (Lipinski definition) is 2. The Bertz CT molecular complexity index is 559. The molecule has 2 aliphatic heterocycles. The smallest absolute Gasteiger partial charge is 0.337 e. The molecule has 0 bridgehead atoms. The molecule has 3 rings (SSSR count). The number of aliphatic hydroxyl groups excluding tert-OH is 1. The highest BCUT2D eigenvalue weighted by molar-refractivity contribution is 6.33. The lowest BCUT2D eigenvalue weighted by molar-refractivity contribution is -0.147. The number of rotatable bonds is 2. The van der Waals surface area contributed by atoms with Crippen molar-refractivity contribution in [1.82, 2.24) is 0 Å². The van der Waals surface area contributed by atoms with Crippen LogP contribution in [0, 0.1) is 0 Å². The zero-order valence-corrected chi connectivity index (χ0v) is 11.9. The molecule has 0 aliphatic carbocycles. The summed E-state index contributed by atoms with van der Waals surface area (Å²) in [4.78, 5) is 11.2. The third-order valence-electron chi connectivity index (χ3n) is 3.71. The first-order valence-electron chi connectivity index (χ1n) is 6.51. The average Bonchev–Trinajstić information content (AvgIpc) is 2.92. The maximum Gasteiger partial charge on any atom is 0.337 e. The van der Waals surface area contributed by atoms with Crippen molar-refractivity contribution >= 4 is 17.6 Å². The number of halogens is 1. The van der Waals surface area contributed by atoms with E-state index >= 15 is 0 Å². The van der Waals surface area contributed by atoms with Crippen molar-refractivity contribution in [3.8, 4) is 11.5 Å². The van der Waals surface area contributed by atoms with Crippen LogP contribution in [-0.2, 0) is 17.6 Å². The number of ether oxygens (including phenoxy) is 2. The van der Waals surface area contributed by atoms with Gasteiger partial charge in [-0.2, -0.15) is 0 Å². The summed E-state index contributed by atoms with van der Waals surface area (Å²) < 4.78 is 11.4. The van der Waals surface area contributed by atoms with Gasteiger partial charge in [-0.3, -0.25) is 0 Å². The van der Waals surface area contributed by atoms with E-state index in [1.807, 2.05) is 13.8 Å². The van der Waals surface area contributed by atoms with Crippen molar-refractivity contribution in [2.45, 2.75) is 45.0 Å². The molecule has 2 heterocycles. The van der Waals surface area contributed by atoms with E-state index < -0.39 is 12.1 Å². The molecule has 3 atom stereocenters. The van der Waals surface area contributed by atoms with E-state index in [9.17, 15) is 9.90 Å². The highest BCUT2D eigenvalue weighted by Gasteiger charge is 2.38. The first-order chi connectivity index (χ1) is 9.40. The molecule has 1 aromatic rings. The van der Waals surface area contributed by atoms with Gasteiger partial charge in [-0.05, 0) is 13.8 Å². The lowest BCUT2D eigenvalue weighted by Gasteiger charge is -2.17. The van der Waals surface area contributed by atoms with Gasteiger partial charge in [-0.1, -0.05) is 11.6 Å². The summed E-state index contributed by atoms with van der Waals surface area (Å²) in [6.07, 6.45) is -0.725. The fourth-order valence-corrected chi connectivity index (χ4v) is 3.23. The van der Waals surface area contributed by atoms with Crippen LogP contribution >= 0.6 is 11.6 Å². The molecule has 20 heavy (non-hydrogen) atoms. The van der Waals surface area contributed by atoms with Gasteiger partial charge < -0.3 is 19.7 Å². The SMILES string of the molecule is CC1Cc2c(c(Cl)c3c(c2C(O)C(=O)O)OC(C)C3)O1. The van der Waals surface area contributed by atoms with Gasteiger partial charge in [0.1, 0.15) is 23.7 Å². The first-order valence-corrected chi connectivity index (χ1v) is 6.89. The highest BCUT2D eigenvalue weighted by atomic mass is 35.5. The molecule has 1 aromatic carbocycles. The monoisotopic (exact) mass is 298 g/mol. The molecular formula is C14H15ClO5. The Morgan fingerprint density at radius 1 is 1.20 bits per heavy atom. The maximum atomic E-state index is 11.2. The second-order valence-electron chi connectivity index (χ2n) is 5.35. The van der Waals surface area contributed by atoms with Gasteiger partial charge in [-0.25, -0.2) is 4.79 Å². The molecule has 0 saturated carbocycles. The predicted octanol–water partition coefficient (Wildman–Crippen LogP) is 2.10. The van der Waals surface area contributed by atoms with E-state index in [0.717, 1.165) is 5.56 Å². The fourth-order valence-electron chi connectivity index (χ4n) is 2.91. The Hall–Kier alpha value is -1.46. The summed E-state index contributed by atoms with van der Waals surface area (Å²) in [7, 11) is 0. The third-order valence-corrected chi connectivity index (χ3v) is 4.11. The maximum absolute atomic E-state index is 11.2. The summed E-state index contributed by atoms with van der Waals surface area (Å²) in [6.45, 7) is 3.75. The van der Waals surface area contributed by atoms with Crippen LogP contribution in [0.2, 0.25) is 5.02 Å². The molecule has 0 spiro atoms. The number of aliphatic carboxylic acids is 1. The molecule has 2 aliphatic rings. The molecule has 0 fully saturated rings. The van der Waals surface area contributed by atoms with Crippen molar-refractivity contribution < 1.29 is 24.5 Å². The first kappa shape index (κ1) is 13.5. The Labute approximate surface area is 121 Å². The minimum absolute atomic E-state index is 0.0952.